The van der Waals surface area contributed by atoms with Crippen LogP contribution in [0.3, 0.4) is 0 Å². The number of fused-ring (bicyclic) bond motifs is 2. The van der Waals surface area contributed by atoms with Crippen molar-refractivity contribution in [2.75, 3.05) is 13.1 Å². The van der Waals surface area contributed by atoms with E-state index < -0.39 is 0 Å². The maximum absolute atomic E-state index is 12.3. The molecule has 1 amide bonds. The molecule has 0 aromatic heterocycles. The van der Waals surface area contributed by atoms with E-state index in [9.17, 15) is 4.79 Å². The lowest BCUT2D eigenvalue weighted by molar-refractivity contribution is -0.130. The highest BCUT2D eigenvalue weighted by atomic mass is 16.5. The van der Waals surface area contributed by atoms with Gasteiger partial charge in [0, 0.05) is 25.0 Å². The van der Waals surface area contributed by atoms with Crippen LogP contribution in [0.1, 0.15) is 39.5 Å². The summed E-state index contributed by atoms with van der Waals surface area (Å²) in [5.41, 5.74) is 0. The number of amides is 1. The maximum atomic E-state index is 12.3. The molecule has 0 radical (unpaired) electrons. The van der Waals surface area contributed by atoms with E-state index in [-0.39, 0.29) is 6.04 Å². The summed E-state index contributed by atoms with van der Waals surface area (Å²) in [7, 11) is 0. The van der Waals surface area contributed by atoms with Crippen molar-refractivity contribution in [3.63, 3.8) is 0 Å². The van der Waals surface area contributed by atoms with Gasteiger partial charge in [-0.15, -0.1) is 0 Å². The number of hydrogen-bond donors (Lipinski definition) is 1. The predicted octanol–water partition coefficient (Wildman–Crippen LogP) is 1.15. The average molecular weight is 252 g/mol. The molecule has 0 aromatic rings. The van der Waals surface area contributed by atoms with Crippen molar-refractivity contribution in [2.45, 2.75) is 63.8 Å². The molecule has 0 aromatic carbocycles. The van der Waals surface area contributed by atoms with Crippen molar-refractivity contribution >= 4 is 5.91 Å². The first kappa shape index (κ1) is 12.4. The SMILES string of the molecule is CC(C)NC1CCN(CC2CC3CCC2O3)C1=O. The fourth-order valence-electron chi connectivity index (χ4n) is 3.70. The fraction of sp³-hybridized carbons (Fsp3) is 0.929. The highest BCUT2D eigenvalue weighted by Gasteiger charge is 2.43. The molecule has 0 saturated carbocycles. The Morgan fingerprint density at radius 3 is 2.83 bits per heavy atom. The summed E-state index contributed by atoms with van der Waals surface area (Å²) in [5.74, 6) is 0.886. The second-order valence-electron chi connectivity index (χ2n) is 6.32. The summed E-state index contributed by atoms with van der Waals surface area (Å²) in [4.78, 5) is 14.3. The summed E-state index contributed by atoms with van der Waals surface area (Å²) in [6, 6.07) is 0.425. The smallest absolute Gasteiger partial charge is 0.239 e. The molecule has 4 unspecified atom stereocenters. The van der Waals surface area contributed by atoms with Crippen LogP contribution >= 0.6 is 0 Å². The van der Waals surface area contributed by atoms with Gasteiger partial charge in [0.2, 0.25) is 5.91 Å². The van der Waals surface area contributed by atoms with Crippen LogP contribution in [0.4, 0.5) is 0 Å². The van der Waals surface area contributed by atoms with Gasteiger partial charge in [0.1, 0.15) is 0 Å². The van der Waals surface area contributed by atoms with Crippen molar-refractivity contribution in [3.8, 4) is 0 Å². The van der Waals surface area contributed by atoms with Crippen LogP contribution in [0.2, 0.25) is 0 Å². The minimum atomic E-state index is 0.0458. The molecule has 3 aliphatic rings. The fourth-order valence-corrected chi connectivity index (χ4v) is 3.70. The third-order valence-corrected chi connectivity index (χ3v) is 4.52. The van der Waals surface area contributed by atoms with Gasteiger partial charge in [-0.2, -0.15) is 0 Å². The van der Waals surface area contributed by atoms with E-state index >= 15 is 0 Å². The molecule has 3 heterocycles. The largest absolute Gasteiger partial charge is 0.375 e. The Labute approximate surface area is 109 Å². The minimum Gasteiger partial charge on any atom is -0.375 e. The second kappa shape index (κ2) is 4.82. The van der Waals surface area contributed by atoms with Crippen LogP contribution < -0.4 is 5.32 Å². The highest BCUT2D eigenvalue weighted by Crippen LogP contribution is 2.39. The Morgan fingerprint density at radius 2 is 2.22 bits per heavy atom. The maximum Gasteiger partial charge on any atom is 0.239 e. The van der Waals surface area contributed by atoms with Crippen molar-refractivity contribution < 1.29 is 9.53 Å². The first-order valence-electron chi connectivity index (χ1n) is 7.34. The van der Waals surface area contributed by atoms with Gasteiger partial charge in [-0.1, -0.05) is 13.8 Å². The molecule has 3 aliphatic heterocycles. The van der Waals surface area contributed by atoms with Crippen molar-refractivity contribution in [2.24, 2.45) is 5.92 Å². The monoisotopic (exact) mass is 252 g/mol. The van der Waals surface area contributed by atoms with Crippen molar-refractivity contribution in [1.29, 1.82) is 0 Å². The van der Waals surface area contributed by atoms with Gasteiger partial charge in [0.15, 0.2) is 0 Å². The zero-order chi connectivity index (χ0) is 12.7. The quantitative estimate of drug-likeness (QED) is 0.816. The molecule has 3 fully saturated rings. The second-order valence-corrected chi connectivity index (χ2v) is 6.32. The van der Waals surface area contributed by atoms with Gasteiger partial charge in [-0.3, -0.25) is 4.79 Å². The molecule has 4 heteroatoms. The first-order chi connectivity index (χ1) is 8.63. The Morgan fingerprint density at radius 1 is 1.39 bits per heavy atom. The van der Waals surface area contributed by atoms with E-state index in [1.165, 1.54) is 12.8 Å². The van der Waals surface area contributed by atoms with Crippen LogP contribution in [0.15, 0.2) is 0 Å². The number of carbonyl (C=O) groups excluding carboxylic acids is 1. The standard InChI is InChI=1S/C14H24N2O2/c1-9(2)15-12-5-6-16(14(12)17)8-10-7-11-3-4-13(10)18-11/h9-13,15H,3-8H2,1-2H3. The van der Waals surface area contributed by atoms with E-state index in [1.807, 2.05) is 0 Å². The van der Waals surface area contributed by atoms with Crippen LogP contribution in [0.25, 0.3) is 0 Å². The predicted molar refractivity (Wildman–Crippen MR) is 69.3 cm³/mol. The summed E-state index contributed by atoms with van der Waals surface area (Å²) in [6.07, 6.45) is 5.47. The lowest BCUT2D eigenvalue weighted by Gasteiger charge is -2.25. The van der Waals surface area contributed by atoms with Crippen molar-refractivity contribution in [1.82, 2.24) is 10.2 Å². The van der Waals surface area contributed by atoms with E-state index in [0.717, 1.165) is 25.9 Å². The number of nitrogens with zero attached hydrogens (tertiary/aromatic N) is 1. The van der Waals surface area contributed by atoms with Crippen LogP contribution in [0, 0.1) is 5.92 Å². The zero-order valence-electron chi connectivity index (χ0n) is 11.4. The van der Waals surface area contributed by atoms with Crippen LogP contribution in [-0.4, -0.2) is 48.2 Å². The number of hydrogen-bond acceptors (Lipinski definition) is 3. The van der Waals surface area contributed by atoms with Gasteiger partial charge in [0.05, 0.1) is 18.2 Å². The highest BCUT2D eigenvalue weighted by molar-refractivity contribution is 5.84. The number of ether oxygens (including phenoxy) is 1. The molecule has 0 spiro atoms. The number of nitrogens with one attached hydrogen (secondary N) is 1. The lowest BCUT2D eigenvalue weighted by Crippen LogP contribution is -2.43. The molecular weight excluding hydrogens is 228 g/mol. The van der Waals surface area contributed by atoms with E-state index in [4.69, 9.17) is 4.74 Å². The number of carbonyl (C=O) groups is 1. The molecule has 1 N–H and O–H groups in total. The molecular formula is C14H24N2O2. The van der Waals surface area contributed by atoms with E-state index in [0.29, 0.717) is 30.1 Å². The minimum absolute atomic E-state index is 0.0458. The Bertz CT molecular complexity index is 332. The summed E-state index contributed by atoms with van der Waals surface area (Å²) >= 11 is 0. The van der Waals surface area contributed by atoms with Crippen LogP contribution in [-0.2, 0) is 9.53 Å². The number of rotatable bonds is 4. The summed E-state index contributed by atoms with van der Waals surface area (Å²) in [6.45, 7) is 6.02. The average Bonchev–Trinajstić information content (AvgIpc) is 2.99. The molecule has 102 valence electrons. The molecule has 3 saturated heterocycles. The Balaban J connectivity index is 1.53. The number of likely N-dealkylation sites (tertiary alicyclic amines) is 1. The molecule has 4 atom stereocenters. The molecule has 3 rings (SSSR count). The van der Waals surface area contributed by atoms with Gasteiger partial charge in [-0.25, -0.2) is 0 Å². The topological polar surface area (TPSA) is 41.6 Å². The summed E-state index contributed by atoms with van der Waals surface area (Å²) < 4.78 is 5.87. The van der Waals surface area contributed by atoms with Gasteiger partial charge < -0.3 is 15.0 Å². The normalized spacial score (nSPS) is 39.3. The van der Waals surface area contributed by atoms with Gasteiger partial charge in [-0.05, 0) is 25.7 Å². The lowest BCUT2D eigenvalue weighted by atomic mass is 9.89. The molecule has 4 nitrogen and oxygen atoms in total. The Hall–Kier alpha value is -0.610. The van der Waals surface area contributed by atoms with Gasteiger partial charge >= 0.3 is 0 Å². The molecule has 18 heavy (non-hydrogen) atoms. The summed E-state index contributed by atoms with van der Waals surface area (Å²) in [5, 5.41) is 3.36. The van der Waals surface area contributed by atoms with Crippen LogP contribution in [0.5, 0.6) is 0 Å². The first-order valence-corrected chi connectivity index (χ1v) is 7.34. The van der Waals surface area contributed by atoms with E-state index in [1.54, 1.807) is 0 Å². The van der Waals surface area contributed by atoms with E-state index in [2.05, 4.69) is 24.1 Å². The third kappa shape index (κ3) is 2.28. The van der Waals surface area contributed by atoms with Gasteiger partial charge in [0.25, 0.3) is 0 Å². The molecule has 0 aliphatic carbocycles. The molecule has 2 bridgehead atoms. The Kier molecular flexibility index (Phi) is 3.32. The zero-order valence-corrected chi connectivity index (χ0v) is 11.4. The third-order valence-electron chi connectivity index (χ3n) is 4.52. The van der Waals surface area contributed by atoms with Crippen molar-refractivity contribution in [3.05, 3.63) is 0 Å².